The molecule has 2 fully saturated rings. The maximum absolute atomic E-state index is 14.0. The average Bonchev–Trinajstić information content (AvgIpc) is 3.90. The number of rotatable bonds is 14. The van der Waals surface area contributed by atoms with Gasteiger partial charge < -0.3 is 45.4 Å². The molecule has 2 aliphatic heterocycles. The van der Waals surface area contributed by atoms with Crippen molar-refractivity contribution in [2.24, 2.45) is 0 Å². The first-order chi connectivity index (χ1) is 24.5. The number of thioether (sulfide) groups is 1. The summed E-state index contributed by atoms with van der Waals surface area (Å²) < 4.78 is 5.80. The number of fused-ring (bicyclic) bond motifs is 1. The maximum Gasteiger partial charge on any atom is 0.252 e. The van der Waals surface area contributed by atoms with Gasteiger partial charge in [0.25, 0.3) is 5.91 Å². The third-order valence-electron chi connectivity index (χ3n) is 9.32. The highest BCUT2D eigenvalue weighted by Crippen LogP contribution is 2.41. The number of aliphatic hydroxyl groups is 5. The summed E-state index contributed by atoms with van der Waals surface area (Å²) in [6.07, 6.45) is -3.17. The van der Waals surface area contributed by atoms with E-state index >= 15 is 0 Å². The lowest BCUT2D eigenvalue weighted by molar-refractivity contribution is -0.122. The van der Waals surface area contributed by atoms with Crippen molar-refractivity contribution in [3.05, 3.63) is 81.5 Å². The van der Waals surface area contributed by atoms with Crippen molar-refractivity contribution in [1.29, 1.82) is 0 Å². The lowest BCUT2D eigenvalue weighted by atomic mass is 10.0. The Kier molecular flexibility index (Phi) is 12.3. The summed E-state index contributed by atoms with van der Waals surface area (Å²) >= 11 is 15.1. The first-order valence-corrected chi connectivity index (χ1v) is 18.6. The molecule has 6 N–H and O–H groups in total. The molecule has 6 rings (SSSR count). The topological polar surface area (TPSA) is 179 Å². The second-order valence-electron chi connectivity index (χ2n) is 12.9. The van der Waals surface area contributed by atoms with Crippen LogP contribution in [0.15, 0.2) is 54.7 Å². The SMILES string of the molecule is O=C(NC[C@H](O)[C@@H](O)[C@H](O)[C@H](O)CO)c1ccc(OCc2cc(Cl)c(CN3CSC[C@H]3C(=O)N3CCN(C4CC4)c4ccccc43)cc2Cl)nc1. The second kappa shape index (κ2) is 16.7. The number of carbonyl (C=O) groups excluding carboxylic acids is 2. The smallest absolute Gasteiger partial charge is 0.252 e. The number of carbonyl (C=O) groups is 2. The van der Waals surface area contributed by atoms with Gasteiger partial charge in [-0.2, -0.15) is 0 Å². The largest absolute Gasteiger partial charge is 0.473 e. The number of aliphatic hydroxyl groups excluding tert-OH is 5. The molecule has 3 heterocycles. The Bertz CT molecular complexity index is 1700. The number of aromatic nitrogens is 1. The number of ether oxygens (including phenoxy) is 1. The zero-order valence-electron chi connectivity index (χ0n) is 27.6. The van der Waals surface area contributed by atoms with E-state index in [0.29, 0.717) is 46.4 Å². The second-order valence-corrected chi connectivity index (χ2v) is 14.7. The predicted molar refractivity (Wildman–Crippen MR) is 194 cm³/mol. The number of nitrogens with zero attached hydrogens (tertiary/aromatic N) is 4. The predicted octanol–water partition coefficient (Wildman–Crippen LogP) is 2.02. The van der Waals surface area contributed by atoms with Crippen LogP contribution < -0.4 is 19.9 Å². The minimum Gasteiger partial charge on any atom is -0.473 e. The Morgan fingerprint density at radius 1 is 0.961 bits per heavy atom. The minimum atomic E-state index is -1.80. The van der Waals surface area contributed by atoms with Gasteiger partial charge in [-0.3, -0.25) is 14.5 Å². The molecule has 1 saturated carbocycles. The molecule has 0 radical (unpaired) electrons. The van der Waals surface area contributed by atoms with Crippen molar-refractivity contribution in [1.82, 2.24) is 15.2 Å². The number of halogens is 2. The van der Waals surface area contributed by atoms with Crippen LogP contribution in [0.1, 0.15) is 34.3 Å². The van der Waals surface area contributed by atoms with E-state index in [0.717, 1.165) is 23.5 Å². The first-order valence-electron chi connectivity index (χ1n) is 16.7. The summed E-state index contributed by atoms with van der Waals surface area (Å²) in [6.45, 7) is 0.765. The molecule has 13 nitrogen and oxygen atoms in total. The number of hydrogen-bond donors (Lipinski definition) is 6. The van der Waals surface area contributed by atoms with Crippen molar-refractivity contribution in [3.8, 4) is 5.88 Å². The number of amides is 2. The lowest BCUT2D eigenvalue weighted by Gasteiger charge is -2.39. The van der Waals surface area contributed by atoms with Gasteiger partial charge in [-0.15, -0.1) is 11.8 Å². The molecule has 1 aromatic heterocycles. The number of anilines is 2. The molecule has 3 aromatic rings. The Morgan fingerprint density at radius 2 is 1.67 bits per heavy atom. The zero-order chi connectivity index (χ0) is 36.2. The van der Waals surface area contributed by atoms with Crippen LogP contribution >= 0.6 is 35.0 Å². The summed E-state index contributed by atoms with van der Waals surface area (Å²) in [5, 5.41) is 51.3. The molecule has 0 bridgehead atoms. The number of para-hydroxylation sites is 2. The molecule has 51 heavy (non-hydrogen) atoms. The summed E-state index contributed by atoms with van der Waals surface area (Å²) in [4.78, 5) is 37.1. The molecule has 2 aromatic carbocycles. The zero-order valence-corrected chi connectivity index (χ0v) is 30.0. The molecule has 2 amide bonds. The fourth-order valence-corrected chi connectivity index (χ4v) is 7.91. The van der Waals surface area contributed by atoms with E-state index in [1.54, 1.807) is 23.9 Å². The third kappa shape index (κ3) is 8.73. The molecule has 0 spiro atoms. The summed E-state index contributed by atoms with van der Waals surface area (Å²) in [7, 11) is 0. The van der Waals surface area contributed by atoms with Gasteiger partial charge in [0, 0.05) is 71.7 Å². The van der Waals surface area contributed by atoms with E-state index in [9.17, 15) is 30.0 Å². The van der Waals surface area contributed by atoms with Gasteiger partial charge in [-0.1, -0.05) is 35.3 Å². The van der Waals surface area contributed by atoms with Gasteiger partial charge in [-0.25, -0.2) is 4.98 Å². The van der Waals surface area contributed by atoms with Gasteiger partial charge in [0.05, 0.1) is 35.7 Å². The molecule has 16 heteroatoms. The lowest BCUT2D eigenvalue weighted by Crippen LogP contribution is -2.52. The highest BCUT2D eigenvalue weighted by atomic mass is 35.5. The monoisotopic (exact) mass is 761 g/mol. The van der Waals surface area contributed by atoms with E-state index in [-0.39, 0.29) is 30.0 Å². The van der Waals surface area contributed by atoms with Crippen LogP contribution in [0.25, 0.3) is 0 Å². The quantitative estimate of drug-likeness (QED) is 0.141. The first kappa shape index (κ1) is 37.6. The third-order valence-corrected chi connectivity index (χ3v) is 11.1. The molecule has 5 atom stereocenters. The van der Waals surface area contributed by atoms with E-state index < -0.39 is 43.5 Å². The van der Waals surface area contributed by atoms with Crippen LogP contribution in [0.5, 0.6) is 5.88 Å². The van der Waals surface area contributed by atoms with Crippen molar-refractivity contribution < 1.29 is 39.9 Å². The van der Waals surface area contributed by atoms with Gasteiger partial charge >= 0.3 is 0 Å². The molecule has 0 unspecified atom stereocenters. The minimum absolute atomic E-state index is 0.0520. The van der Waals surface area contributed by atoms with Gasteiger partial charge in [-0.05, 0) is 48.7 Å². The standard InChI is InChI=1S/C35H41Cl2N5O8S/c36-24-12-22(17-50-31-8-5-20(13-38-31)34(48)39-14-29(44)32(46)33(47)30(45)16-43)25(37)11-21(24)15-40-19-51-18-28(40)35(49)42-10-9-41(23-6-7-23)26-3-1-2-4-27(26)42/h1-5,8,11-13,23,28-30,32-33,43-47H,6-7,9-10,14-19H2,(H,39,48)/t28-,29-,30+,32+,33+/m0/s1. The Morgan fingerprint density at radius 3 is 2.37 bits per heavy atom. The van der Waals surface area contributed by atoms with Crippen molar-refractivity contribution in [3.63, 3.8) is 0 Å². The Balaban J connectivity index is 1.02. The van der Waals surface area contributed by atoms with E-state index in [1.807, 2.05) is 23.1 Å². The van der Waals surface area contributed by atoms with E-state index in [1.165, 1.54) is 31.2 Å². The summed E-state index contributed by atoms with van der Waals surface area (Å²) in [5.74, 6) is 1.09. The van der Waals surface area contributed by atoms with Crippen LogP contribution in [0.2, 0.25) is 10.0 Å². The highest BCUT2D eigenvalue weighted by molar-refractivity contribution is 7.99. The molecule has 1 saturated heterocycles. The highest BCUT2D eigenvalue weighted by Gasteiger charge is 2.40. The van der Waals surface area contributed by atoms with E-state index in [4.69, 9.17) is 33.0 Å². The van der Waals surface area contributed by atoms with Gasteiger partial charge in [0.2, 0.25) is 11.8 Å². The fraction of sp³-hybridized carbons (Fsp3) is 0.457. The molecular formula is C35H41Cl2N5O8S. The molecule has 3 aliphatic rings. The van der Waals surface area contributed by atoms with Crippen LogP contribution in [0.4, 0.5) is 11.4 Å². The van der Waals surface area contributed by atoms with E-state index in [2.05, 4.69) is 26.2 Å². The van der Waals surface area contributed by atoms with Gasteiger partial charge in [0.1, 0.15) is 24.9 Å². The molecular weight excluding hydrogens is 721 g/mol. The van der Waals surface area contributed by atoms with Gasteiger partial charge in [0.15, 0.2) is 0 Å². The Hall–Kier alpha value is -3.18. The van der Waals surface area contributed by atoms with Crippen molar-refractivity contribution in [2.75, 3.05) is 47.7 Å². The summed E-state index contributed by atoms with van der Waals surface area (Å²) in [6, 6.07) is 14.9. The van der Waals surface area contributed by atoms with Crippen LogP contribution in [0, 0.1) is 0 Å². The van der Waals surface area contributed by atoms with Crippen LogP contribution in [-0.2, 0) is 17.9 Å². The van der Waals surface area contributed by atoms with Crippen molar-refractivity contribution >= 4 is 58.2 Å². The molecule has 274 valence electrons. The fourth-order valence-electron chi connectivity index (χ4n) is 6.23. The Labute approximate surface area is 309 Å². The summed E-state index contributed by atoms with van der Waals surface area (Å²) in [5.41, 5.74) is 3.68. The van der Waals surface area contributed by atoms with Crippen LogP contribution in [-0.4, -0.2) is 122 Å². The number of benzene rings is 2. The normalized spacial score (nSPS) is 20.0. The number of pyridine rings is 1. The van der Waals surface area contributed by atoms with Crippen LogP contribution in [0.3, 0.4) is 0 Å². The number of hydrogen-bond acceptors (Lipinski definition) is 12. The number of nitrogens with one attached hydrogen (secondary N) is 1. The maximum atomic E-state index is 14.0. The molecule has 1 aliphatic carbocycles. The van der Waals surface area contributed by atoms with Crippen molar-refractivity contribution in [2.45, 2.75) is 62.5 Å². The average molecular weight is 763 g/mol.